The summed E-state index contributed by atoms with van der Waals surface area (Å²) < 4.78 is 0. The average molecular weight is 415 g/mol. The number of aromatic nitrogens is 3. The predicted octanol–water partition coefficient (Wildman–Crippen LogP) is 4.48. The van der Waals surface area contributed by atoms with Crippen molar-refractivity contribution in [1.82, 2.24) is 15.0 Å². The van der Waals surface area contributed by atoms with Crippen LogP contribution in [-0.4, -0.2) is 33.9 Å². The molecule has 1 aliphatic heterocycles. The lowest BCUT2D eigenvalue weighted by Gasteiger charge is -2.27. The fourth-order valence-corrected chi connectivity index (χ4v) is 3.75. The number of hydrogen-bond donors (Lipinski definition) is 2. The molecular weight excluding hydrogens is 388 g/mol. The normalized spacial score (nSPS) is 13.5. The fourth-order valence-electron chi connectivity index (χ4n) is 3.75. The van der Waals surface area contributed by atoms with Crippen LogP contribution in [0, 0.1) is 13.8 Å². The molecule has 31 heavy (non-hydrogen) atoms. The molecule has 4 rings (SSSR count). The predicted molar refractivity (Wildman–Crippen MR) is 125 cm³/mol. The molecule has 0 saturated heterocycles. The largest absolute Gasteiger partial charge is 0.337 e. The van der Waals surface area contributed by atoms with Gasteiger partial charge in [0, 0.05) is 31.4 Å². The smallest absolute Gasteiger partial charge is 0.232 e. The van der Waals surface area contributed by atoms with E-state index in [1.807, 2.05) is 25.1 Å². The van der Waals surface area contributed by atoms with Gasteiger partial charge in [-0.3, -0.25) is 4.79 Å². The van der Waals surface area contributed by atoms with E-state index in [9.17, 15) is 4.79 Å². The standard InChI is InChI=1S/C24H26N6O/c1-16-7-4-5-8-20(16)19-11-13-30(14-12-19)24-26-15-25-23(29-24)28-22-10-6-9-21(17(22)2)27-18(3)31/h4-11,15H,12-14H2,1-3H3,(H,27,31)(H,25,26,28,29). The van der Waals surface area contributed by atoms with E-state index in [1.165, 1.54) is 30.0 Å². The molecule has 158 valence electrons. The maximum Gasteiger partial charge on any atom is 0.232 e. The Bertz CT molecular complexity index is 1140. The number of hydrogen-bond acceptors (Lipinski definition) is 6. The van der Waals surface area contributed by atoms with Crippen LogP contribution in [-0.2, 0) is 4.79 Å². The third-order valence-electron chi connectivity index (χ3n) is 5.43. The summed E-state index contributed by atoms with van der Waals surface area (Å²) in [5.41, 5.74) is 6.50. The summed E-state index contributed by atoms with van der Waals surface area (Å²) in [7, 11) is 0. The van der Waals surface area contributed by atoms with Crippen molar-refractivity contribution in [3.05, 3.63) is 71.6 Å². The molecule has 0 spiro atoms. The van der Waals surface area contributed by atoms with Gasteiger partial charge in [0.15, 0.2) is 0 Å². The Morgan fingerprint density at radius 3 is 2.58 bits per heavy atom. The van der Waals surface area contributed by atoms with Gasteiger partial charge >= 0.3 is 0 Å². The van der Waals surface area contributed by atoms with Crippen molar-refractivity contribution >= 4 is 34.8 Å². The second kappa shape index (κ2) is 8.95. The number of nitrogens with zero attached hydrogens (tertiary/aromatic N) is 4. The van der Waals surface area contributed by atoms with E-state index < -0.39 is 0 Å². The molecule has 2 heterocycles. The van der Waals surface area contributed by atoms with E-state index in [-0.39, 0.29) is 5.91 Å². The van der Waals surface area contributed by atoms with Crippen LogP contribution in [0.4, 0.5) is 23.3 Å². The monoisotopic (exact) mass is 414 g/mol. The Kier molecular flexibility index (Phi) is 5.93. The zero-order valence-corrected chi connectivity index (χ0v) is 18.0. The third kappa shape index (κ3) is 4.71. The Hall–Kier alpha value is -3.74. The van der Waals surface area contributed by atoms with Crippen molar-refractivity contribution in [3.63, 3.8) is 0 Å². The van der Waals surface area contributed by atoms with Gasteiger partial charge in [-0.25, -0.2) is 9.97 Å². The number of aryl methyl sites for hydroxylation is 1. The first kappa shape index (κ1) is 20.5. The first-order valence-corrected chi connectivity index (χ1v) is 10.3. The Morgan fingerprint density at radius 1 is 1.03 bits per heavy atom. The number of amides is 1. The van der Waals surface area contributed by atoms with Crippen LogP contribution in [0.1, 0.15) is 30.0 Å². The van der Waals surface area contributed by atoms with Gasteiger partial charge in [-0.05, 0) is 54.7 Å². The number of benzene rings is 2. The quantitative estimate of drug-likeness (QED) is 0.640. The van der Waals surface area contributed by atoms with E-state index >= 15 is 0 Å². The van der Waals surface area contributed by atoms with Gasteiger partial charge < -0.3 is 15.5 Å². The Balaban J connectivity index is 1.50. The van der Waals surface area contributed by atoms with E-state index in [0.29, 0.717) is 11.9 Å². The molecule has 0 unspecified atom stereocenters. The summed E-state index contributed by atoms with van der Waals surface area (Å²) in [6.07, 6.45) is 4.72. The van der Waals surface area contributed by atoms with Gasteiger partial charge in [0.05, 0.1) is 0 Å². The van der Waals surface area contributed by atoms with Crippen molar-refractivity contribution in [2.24, 2.45) is 0 Å². The van der Waals surface area contributed by atoms with Crippen LogP contribution in [0.25, 0.3) is 5.57 Å². The molecule has 1 aliphatic rings. The number of nitrogens with one attached hydrogen (secondary N) is 2. The van der Waals surface area contributed by atoms with Gasteiger partial charge in [0.2, 0.25) is 17.8 Å². The number of anilines is 4. The fraction of sp³-hybridized carbons (Fsp3) is 0.250. The molecule has 0 saturated carbocycles. The van der Waals surface area contributed by atoms with Crippen LogP contribution < -0.4 is 15.5 Å². The van der Waals surface area contributed by atoms with Gasteiger partial charge in [0.25, 0.3) is 0 Å². The van der Waals surface area contributed by atoms with E-state index in [1.54, 1.807) is 0 Å². The van der Waals surface area contributed by atoms with Crippen LogP contribution in [0.15, 0.2) is 54.9 Å². The molecular formula is C24H26N6O. The summed E-state index contributed by atoms with van der Waals surface area (Å²) in [6, 6.07) is 14.2. The molecule has 7 heteroatoms. The average Bonchev–Trinajstić information content (AvgIpc) is 2.77. The zero-order valence-electron chi connectivity index (χ0n) is 18.0. The molecule has 3 aromatic rings. The van der Waals surface area contributed by atoms with Gasteiger partial charge in [-0.1, -0.05) is 36.4 Å². The van der Waals surface area contributed by atoms with Crippen LogP contribution >= 0.6 is 0 Å². The van der Waals surface area contributed by atoms with Gasteiger partial charge in [-0.2, -0.15) is 4.98 Å². The summed E-state index contributed by atoms with van der Waals surface area (Å²) in [6.45, 7) is 7.19. The molecule has 2 N–H and O–H groups in total. The highest BCUT2D eigenvalue weighted by Crippen LogP contribution is 2.28. The molecule has 0 fully saturated rings. The van der Waals surface area contributed by atoms with Crippen LogP contribution in [0.3, 0.4) is 0 Å². The summed E-state index contributed by atoms with van der Waals surface area (Å²) in [5.74, 6) is 1.01. The molecule has 0 atom stereocenters. The SMILES string of the molecule is CC(=O)Nc1cccc(Nc2ncnc(N3CC=C(c4ccccc4C)CC3)n2)c1C. The lowest BCUT2D eigenvalue weighted by atomic mass is 9.96. The molecule has 1 aromatic heterocycles. The van der Waals surface area contributed by atoms with Gasteiger partial charge in [0.1, 0.15) is 6.33 Å². The zero-order chi connectivity index (χ0) is 21.8. The van der Waals surface area contributed by atoms with Crippen LogP contribution in [0.2, 0.25) is 0 Å². The molecule has 0 aliphatic carbocycles. The lowest BCUT2D eigenvalue weighted by Crippen LogP contribution is -2.30. The van der Waals surface area contributed by atoms with Crippen molar-refractivity contribution in [3.8, 4) is 0 Å². The van der Waals surface area contributed by atoms with Crippen LogP contribution in [0.5, 0.6) is 0 Å². The molecule has 2 aromatic carbocycles. The highest BCUT2D eigenvalue weighted by atomic mass is 16.1. The second-order valence-electron chi connectivity index (χ2n) is 7.63. The van der Waals surface area contributed by atoms with Gasteiger partial charge in [-0.15, -0.1) is 0 Å². The van der Waals surface area contributed by atoms with Crippen molar-refractivity contribution in [2.75, 3.05) is 28.6 Å². The minimum absolute atomic E-state index is 0.106. The first-order valence-electron chi connectivity index (χ1n) is 10.3. The first-order chi connectivity index (χ1) is 15.0. The summed E-state index contributed by atoms with van der Waals surface area (Å²) in [4.78, 5) is 26.8. The third-order valence-corrected chi connectivity index (χ3v) is 5.43. The lowest BCUT2D eigenvalue weighted by molar-refractivity contribution is -0.114. The Labute approximate surface area is 182 Å². The van der Waals surface area contributed by atoms with Crippen molar-refractivity contribution in [2.45, 2.75) is 27.2 Å². The summed E-state index contributed by atoms with van der Waals surface area (Å²) >= 11 is 0. The maximum absolute atomic E-state index is 11.4. The highest BCUT2D eigenvalue weighted by Gasteiger charge is 2.17. The van der Waals surface area contributed by atoms with E-state index in [0.717, 1.165) is 36.4 Å². The molecule has 7 nitrogen and oxygen atoms in total. The number of carbonyl (C=O) groups is 1. The molecule has 1 amide bonds. The minimum atomic E-state index is -0.106. The minimum Gasteiger partial charge on any atom is -0.337 e. The topological polar surface area (TPSA) is 83.0 Å². The number of rotatable bonds is 5. The van der Waals surface area contributed by atoms with Crippen molar-refractivity contribution < 1.29 is 4.79 Å². The Morgan fingerprint density at radius 2 is 1.84 bits per heavy atom. The van der Waals surface area contributed by atoms with E-state index in [2.05, 4.69) is 67.8 Å². The van der Waals surface area contributed by atoms with E-state index in [4.69, 9.17) is 0 Å². The molecule has 0 bridgehead atoms. The maximum atomic E-state index is 11.4. The summed E-state index contributed by atoms with van der Waals surface area (Å²) in [5, 5.41) is 6.09. The van der Waals surface area contributed by atoms with Crippen molar-refractivity contribution in [1.29, 1.82) is 0 Å². The second-order valence-corrected chi connectivity index (χ2v) is 7.63. The molecule has 0 radical (unpaired) electrons. The highest BCUT2D eigenvalue weighted by molar-refractivity contribution is 5.90. The number of carbonyl (C=O) groups excluding carboxylic acids is 1.